The summed E-state index contributed by atoms with van der Waals surface area (Å²) in [6.45, 7) is 2.01. The van der Waals surface area contributed by atoms with Gasteiger partial charge in [-0.1, -0.05) is 30.7 Å². The Bertz CT molecular complexity index is 814. The van der Waals surface area contributed by atoms with Gasteiger partial charge in [-0.05, 0) is 30.2 Å². The standard InChI is InChI=1S/C16H11ClF2N2/c1-2-9-4-3-5-13-14(9)20-16(21-15(13)17)10-6-11(18)8-12(19)7-10/h3-8H,2H2,1H3. The number of rotatable bonds is 2. The van der Waals surface area contributed by atoms with Crippen molar-refractivity contribution >= 4 is 22.5 Å². The summed E-state index contributed by atoms with van der Waals surface area (Å²) < 4.78 is 26.7. The van der Waals surface area contributed by atoms with Crippen LogP contribution in [0.2, 0.25) is 5.15 Å². The van der Waals surface area contributed by atoms with Crippen molar-refractivity contribution in [2.75, 3.05) is 0 Å². The van der Waals surface area contributed by atoms with Crippen LogP contribution in [0.5, 0.6) is 0 Å². The van der Waals surface area contributed by atoms with Gasteiger partial charge < -0.3 is 0 Å². The van der Waals surface area contributed by atoms with E-state index in [0.29, 0.717) is 5.52 Å². The number of hydrogen-bond acceptors (Lipinski definition) is 2. The summed E-state index contributed by atoms with van der Waals surface area (Å²) in [4.78, 5) is 8.58. The number of hydrogen-bond donors (Lipinski definition) is 0. The Morgan fingerprint density at radius 2 is 1.76 bits per heavy atom. The fraction of sp³-hybridized carbons (Fsp3) is 0.125. The largest absolute Gasteiger partial charge is 0.228 e. The van der Waals surface area contributed by atoms with E-state index in [9.17, 15) is 8.78 Å². The quantitative estimate of drug-likeness (QED) is 0.636. The van der Waals surface area contributed by atoms with Gasteiger partial charge >= 0.3 is 0 Å². The second-order valence-electron chi connectivity index (χ2n) is 4.66. The van der Waals surface area contributed by atoms with Crippen LogP contribution in [-0.4, -0.2) is 9.97 Å². The lowest BCUT2D eigenvalue weighted by Gasteiger charge is -2.08. The van der Waals surface area contributed by atoms with Crippen LogP contribution in [0.25, 0.3) is 22.3 Å². The topological polar surface area (TPSA) is 25.8 Å². The third-order valence-electron chi connectivity index (χ3n) is 3.27. The molecule has 0 aliphatic carbocycles. The van der Waals surface area contributed by atoms with E-state index in [0.717, 1.165) is 23.4 Å². The summed E-state index contributed by atoms with van der Waals surface area (Å²) in [5.74, 6) is -1.13. The molecular formula is C16H11ClF2N2. The maximum Gasteiger partial charge on any atom is 0.161 e. The molecule has 5 heteroatoms. The number of para-hydroxylation sites is 1. The smallest absolute Gasteiger partial charge is 0.161 e. The first-order chi connectivity index (χ1) is 10.1. The molecular weight excluding hydrogens is 294 g/mol. The second kappa shape index (κ2) is 5.37. The van der Waals surface area contributed by atoms with E-state index in [4.69, 9.17) is 11.6 Å². The highest BCUT2D eigenvalue weighted by atomic mass is 35.5. The van der Waals surface area contributed by atoms with Gasteiger partial charge in [-0.2, -0.15) is 0 Å². The lowest BCUT2D eigenvalue weighted by atomic mass is 10.1. The molecule has 0 saturated carbocycles. The Labute approximate surface area is 125 Å². The number of aryl methyl sites for hydroxylation is 1. The van der Waals surface area contributed by atoms with E-state index in [2.05, 4.69) is 9.97 Å². The van der Waals surface area contributed by atoms with Gasteiger partial charge in [0.2, 0.25) is 0 Å². The zero-order valence-electron chi connectivity index (χ0n) is 11.2. The molecule has 0 saturated heterocycles. The van der Waals surface area contributed by atoms with Gasteiger partial charge in [-0.15, -0.1) is 0 Å². The lowest BCUT2D eigenvalue weighted by Crippen LogP contribution is -1.96. The Hall–Kier alpha value is -2.07. The first kappa shape index (κ1) is 13.9. The van der Waals surface area contributed by atoms with Crippen LogP contribution in [0.4, 0.5) is 8.78 Å². The van der Waals surface area contributed by atoms with E-state index in [1.807, 2.05) is 25.1 Å². The van der Waals surface area contributed by atoms with Crippen LogP contribution < -0.4 is 0 Å². The van der Waals surface area contributed by atoms with Crippen molar-refractivity contribution in [3.63, 3.8) is 0 Å². The minimum Gasteiger partial charge on any atom is -0.228 e. The van der Waals surface area contributed by atoms with Crippen LogP contribution in [0, 0.1) is 11.6 Å². The summed E-state index contributed by atoms with van der Waals surface area (Å²) in [6, 6.07) is 8.85. The van der Waals surface area contributed by atoms with Gasteiger partial charge in [0.05, 0.1) is 5.52 Å². The minimum atomic E-state index is -0.673. The predicted octanol–water partition coefficient (Wildman–Crippen LogP) is 4.79. The van der Waals surface area contributed by atoms with Gasteiger partial charge in [0.1, 0.15) is 16.8 Å². The highest BCUT2D eigenvalue weighted by Crippen LogP contribution is 2.27. The molecule has 21 heavy (non-hydrogen) atoms. The highest BCUT2D eigenvalue weighted by Gasteiger charge is 2.12. The normalized spacial score (nSPS) is 11.0. The summed E-state index contributed by atoms with van der Waals surface area (Å²) in [5.41, 5.74) is 1.98. The third kappa shape index (κ3) is 2.59. The summed E-state index contributed by atoms with van der Waals surface area (Å²) in [6.07, 6.45) is 0.779. The monoisotopic (exact) mass is 304 g/mol. The molecule has 0 aliphatic rings. The number of fused-ring (bicyclic) bond motifs is 1. The fourth-order valence-corrected chi connectivity index (χ4v) is 2.50. The molecule has 2 nitrogen and oxygen atoms in total. The van der Waals surface area contributed by atoms with Gasteiger partial charge in [0.15, 0.2) is 5.82 Å². The maximum absolute atomic E-state index is 13.3. The second-order valence-corrected chi connectivity index (χ2v) is 5.02. The average molecular weight is 305 g/mol. The number of halogens is 3. The van der Waals surface area contributed by atoms with E-state index in [1.54, 1.807) is 0 Å². The molecule has 2 aromatic carbocycles. The molecule has 0 fully saturated rings. The van der Waals surface area contributed by atoms with Crippen molar-refractivity contribution < 1.29 is 8.78 Å². The Morgan fingerprint density at radius 1 is 1.05 bits per heavy atom. The molecule has 0 spiro atoms. The number of nitrogens with zero attached hydrogens (tertiary/aromatic N) is 2. The summed E-state index contributed by atoms with van der Waals surface area (Å²) in [5, 5.41) is 1.01. The van der Waals surface area contributed by atoms with Gasteiger partial charge in [-0.25, -0.2) is 18.7 Å². The molecule has 0 aliphatic heterocycles. The van der Waals surface area contributed by atoms with Crippen LogP contribution >= 0.6 is 11.6 Å². The van der Waals surface area contributed by atoms with Gasteiger partial charge in [-0.3, -0.25) is 0 Å². The molecule has 1 aromatic heterocycles. The molecule has 1 heterocycles. The van der Waals surface area contributed by atoms with Crippen LogP contribution in [-0.2, 0) is 6.42 Å². The van der Waals surface area contributed by atoms with Crippen LogP contribution in [0.1, 0.15) is 12.5 Å². The molecule has 0 atom stereocenters. The summed E-state index contributed by atoms with van der Waals surface area (Å²) >= 11 is 6.18. The lowest BCUT2D eigenvalue weighted by molar-refractivity contribution is 0.584. The predicted molar refractivity (Wildman–Crippen MR) is 79.3 cm³/mol. The van der Waals surface area contributed by atoms with E-state index in [-0.39, 0.29) is 16.5 Å². The molecule has 106 valence electrons. The Balaban J connectivity index is 2.29. The van der Waals surface area contributed by atoms with Crippen molar-refractivity contribution in [2.24, 2.45) is 0 Å². The highest BCUT2D eigenvalue weighted by molar-refractivity contribution is 6.34. The van der Waals surface area contributed by atoms with E-state index >= 15 is 0 Å². The van der Waals surface area contributed by atoms with Crippen molar-refractivity contribution in [1.29, 1.82) is 0 Å². The molecule has 0 amide bonds. The minimum absolute atomic E-state index is 0.215. The van der Waals surface area contributed by atoms with Crippen molar-refractivity contribution in [3.8, 4) is 11.4 Å². The SMILES string of the molecule is CCc1cccc2c(Cl)nc(-c3cc(F)cc(F)c3)nc12. The van der Waals surface area contributed by atoms with Crippen molar-refractivity contribution in [2.45, 2.75) is 13.3 Å². The fourth-order valence-electron chi connectivity index (χ4n) is 2.27. The molecule has 0 radical (unpaired) electrons. The average Bonchev–Trinajstić information content (AvgIpc) is 2.45. The zero-order valence-corrected chi connectivity index (χ0v) is 12.0. The first-order valence-electron chi connectivity index (χ1n) is 6.50. The maximum atomic E-state index is 13.3. The molecule has 0 unspecified atom stereocenters. The third-order valence-corrected chi connectivity index (χ3v) is 3.55. The van der Waals surface area contributed by atoms with Gasteiger partial charge in [0, 0.05) is 17.0 Å². The number of benzene rings is 2. The van der Waals surface area contributed by atoms with E-state index in [1.165, 1.54) is 12.1 Å². The zero-order chi connectivity index (χ0) is 15.0. The van der Waals surface area contributed by atoms with Crippen molar-refractivity contribution in [1.82, 2.24) is 9.97 Å². The Kier molecular flexibility index (Phi) is 3.55. The summed E-state index contributed by atoms with van der Waals surface area (Å²) in [7, 11) is 0. The molecule has 0 bridgehead atoms. The molecule has 3 rings (SSSR count). The van der Waals surface area contributed by atoms with Crippen LogP contribution in [0.15, 0.2) is 36.4 Å². The number of aromatic nitrogens is 2. The van der Waals surface area contributed by atoms with Crippen molar-refractivity contribution in [3.05, 3.63) is 58.7 Å². The Morgan fingerprint density at radius 3 is 2.43 bits per heavy atom. The molecule has 0 N–H and O–H groups in total. The van der Waals surface area contributed by atoms with E-state index < -0.39 is 11.6 Å². The molecule has 3 aromatic rings. The van der Waals surface area contributed by atoms with Gasteiger partial charge in [0.25, 0.3) is 0 Å². The van der Waals surface area contributed by atoms with Crippen LogP contribution in [0.3, 0.4) is 0 Å². The first-order valence-corrected chi connectivity index (χ1v) is 6.88.